The number of carbonyl (C=O) groups excluding carboxylic acids is 1. The summed E-state index contributed by atoms with van der Waals surface area (Å²) in [6, 6.07) is 3.95. The molecule has 0 unspecified atom stereocenters. The molecule has 0 aromatic carbocycles. The number of pyridine rings is 1. The number of thioether (sulfide) groups is 1. The molecule has 1 aromatic heterocycles. The zero-order valence-corrected chi connectivity index (χ0v) is 12.9. The summed E-state index contributed by atoms with van der Waals surface area (Å²) in [4.78, 5) is 20.7. The third-order valence-electron chi connectivity index (χ3n) is 3.69. The molecule has 1 saturated heterocycles. The fourth-order valence-electron chi connectivity index (χ4n) is 2.40. The fraction of sp³-hybridized carbons (Fsp3) is 0.600. The Bertz CT molecular complexity index is 405. The number of piperazine rings is 1. The van der Waals surface area contributed by atoms with E-state index in [0.29, 0.717) is 6.42 Å². The summed E-state index contributed by atoms with van der Waals surface area (Å²) < 4.78 is 0. The van der Waals surface area contributed by atoms with Crippen molar-refractivity contribution in [1.29, 1.82) is 0 Å². The van der Waals surface area contributed by atoms with Crippen LogP contribution in [0.4, 0.5) is 0 Å². The van der Waals surface area contributed by atoms with Crippen molar-refractivity contribution in [3.63, 3.8) is 0 Å². The van der Waals surface area contributed by atoms with E-state index in [2.05, 4.69) is 16.1 Å². The van der Waals surface area contributed by atoms with Crippen LogP contribution in [0.2, 0.25) is 0 Å². The summed E-state index contributed by atoms with van der Waals surface area (Å²) in [6.45, 7) is 4.91. The maximum absolute atomic E-state index is 12.2. The van der Waals surface area contributed by atoms with E-state index in [-0.39, 0.29) is 5.91 Å². The predicted octanol–water partition coefficient (Wildman–Crippen LogP) is 1.52. The summed E-state index contributed by atoms with van der Waals surface area (Å²) in [6.07, 6.45) is 7.13. The monoisotopic (exact) mass is 293 g/mol. The van der Waals surface area contributed by atoms with Gasteiger partial charge in [-0.05, 0) is 24.3 Å². The molecule has 0 atom stereocenters. The van der Waals surface area contributed by atoms with Crippen LogP contribution >= 0.6 is 11.8 Å². The fourth-order valence-corrected chi connectivity index (χ4v) is 2.84. The highest BCUT2D eigenvalue weighted by Gasteiger charge is 2.20. The van der Waals surface area contributed by atoms with Crippen LogP contribution in [0.15, 0.2) is 24.5 Å². The maximum Gasteiger partial charge on any atom is 0.222 e. The van der Waals surface area contributed by atoms with E-state index in [0.717, 1.165) is 44.7 Å². The van der Waals surface area contributed by atoms with E-state index in [1.54, 1.807) is 6.20 Å². The molecule has 2 heterocycles. The molecule has 0 N–H and O–H groups in total. The number of hydrogen-bond donors (Lipinski definition) is 0. The van der Waals surface area contributed by atoms with E-state index in [1.165, 1.54) is 5.75 Å². The van der Waals surface area contributed by atoms with Crippen LogP contribution in [0.1, 0.15) is 12.0 Å². The van der Waals surface area contributed by atoms with Gasteiger partial charge in [0.05, 0.1) is 0 Å². The molecule has 4 nitrogen and oxygen atoms in total. The first-order valence-corrected chi connectivity index (χ1v) is 8.57. The number of hydrogen-bond acceptors (Lipinski definition) is 4. The van der Waals surface area contributed by atoms with Gasteiger partial charge in [0.15, 0.2) is 0 Å². The van der Waals surface area contributed by atoms with E-state index in [4.69, 9.17) is 0 Å². The van der Waals surface area contributed by atoms with Crippen LogP contribution in [0.3, 0.4) is 0 Å². The van der Waals surface area contributed by atoms with E-state index in [9.17, 15) is 4.79 Å². The molecule has 1 amide bonds. The highest BCUT2D eigenvalue weighted by molar-refractivity contribution is 7.98. The molecule has 5 heteroatoms. The lowest BCUT2D eigenvalue weighted by Crippen LogP contribution is -2.49. The molecule has 1 fully saturated rings. The minimum Gasteiger partial charge on any atom is -0.340 e. The molecule has 1 aliphatic heterocycles. The second kappa shape index (κ2) is 8.27. The van der Waals surface area contributed by atoms with Gasteiger partial charge >= 0.3 is 0 Å². The molecule has 0 bridgehead atoms. The molecule has 1 aliphatic rings. The molecule has 1 aromatic rings. The van der Waals surface area contributed by atoms with Crippen molar-refractivity contribution in [2.45, 2.75) is 12.8 Å². The largest absolute Gasteiger partial charge is 0.340 e. The SMILES string of the molecule is CSCCN1CCN(C(=O)CCc2cccnc2)CC1. The molecule has 0 spiro atoms. The molecule has 2 rings (SSSR count). The molecular formula is C15H23N3OS. The highest BCUT2D eigenvalue weighted by atomic mass is 32.2. The van der Waals surface area contributed by atoms with E-state index >= 15 is 0 Å². The van der Waals surface area contributed by atoms with Crippen molar-refractivity contribution in [2.75, 3.05) is 44.7 Å². The summed E-state index contributed by atoms with van der Waals surface area (Å²) >= 11 is 1.88. The van der Waals surface area contributed by atoms with Gasteiger partial charge in [0.25, 0.3) is 0 Å². The lowest BCUT2D eigenvalue weighted by molar-refractivity contribution is -0.132. The first-order chi connectivity index (χ1) is 9.79. The topological polar surface area (TPSA) is 36.4 Å². The Hall–Kier alpha value is -1.07. The van der Waals surface area contributed by atoms with Crippen LogP contribution in [0.5, 0.6) is 0 Å². The van der Waals surface area contributed by atoms with Gasteiger partial charge in [0.1, 0.15) is 0 Å². The lowest BCUT2D eigenvalue weighted by atomic mass is 10.1. The van der Waals surface area contributed by atoms with Crippen molar-refractivity contribution in [1.82, 2.24) is 14.8 Å². The number of rotatable bonds is 6. The van der Waals surface area contributed by atoms with Crippen LogP contribution in [-0.2, 0) is 11.2 Å². The Kier molecular flexibility index (Phi) is 6.33. The minimum absolute atomic E-state index is 0.276. The number of aryl methyl sites for hydroxylation is 1. The van der Waals surface area contributed by atoms with Gasteiger partial charge in [-0.15, -0.1) is 0 Å². The average molecular weight is 293 g/mol. The lowest BCUT2D eigenvalue weighted by Gasteiger charge is -2.34. The summed E-state index contributed by atoms with van der Waals surface area (Å²) in [5, 5.41) is 0. The third kappa shape index (κ3) is 4.80. The van der Waals surface area contributed by atoms with Crippen molar-refractivity contribution in [3.8, 4) is 0 Å². The number of amides is 1. The van der Waals surface area contributed by atoms with Gasteiger partial charge in [0, 0.05) is 57.3 Å². The minimum atomic E-state index is 0.276. The van der Waals surface area contributed by atoms with Crippen LogP contribution in [0, 0.1) is 0 Å². The number of aromatic nitrogens is 1. The highest BCUT2D eigenvalue weighted by Crippen LogP contribution is 2.07. The quantitative estimate of drug-likeness (QED) is 0.797. The normalized spacial score (nSPS) is 16.4. The molecule has 20 heavy (non-hydrogen) atoms. The van der Waals surface area contributed by atoms with Gasteiger partial charge in [-0.2, -0.15) is 11.8 Å². The Morgan fingerprint density at radius 3 is 2.80 bits per heavy atom. The van der Waals surface area contributed by atoms with E-state index in [1.807, 2.05) is 35.0 Å². The van der Waals surface area contributed by atoms with Crippen molar-refractivity contribution in [3.05, 3.63) is 30.1 Å². The zero-order chi connectivity index (χ0) is 14.2. The second-order valence-corrected chi connectivity index (χ2v) is 6.06. The van der Waals surface area contributed by atoms with Crippen LogP contribution in [0.25, 0.3) is 0 Å². The van der Waals surface area contributed by atoms with Gasteiger partial charge < -0.3 is 4.90 Å². The first kappa shape index (κ1) is 15.3. The summed E-state index contributed by atoms with van der Waals surface area (Å²) in [5.41, 5.74) is 1.14. The van der Waals surface area contributed by atoms with Gasteiger partial charge in [-0.3, -0.25) is 14.7 Å². The zero-order valence-electron chi connectivity index (χ0n) is 12.1. The molecule has 0 aliphatic carbocycles. The van der Waals surface area contributed by atoms with Gasteiger partial charge in [0.2, 0.25) is 5.91 Å². The Morgan fingerprint density at radius 1 is 1.35 bits per heavy atom. The van der Waals surface area contributed by atoms with Crippen molar-refractivity contribution < 1.29 is 4.79 Å². The standard InChI is InChI=1S/C15H23N3OS/c1-20-12-11-17-7-9-18(10-8-17)15(19)5-4-14-3-2-6-16-13-14/h2-3,6,13H,4-5,7-12H2,1H3. The Balaban J connectivity index is 1.69. The van der Waals surface area contributed by atoms with Crippen molar-refractivity contribution >= 4 is 17.7 Å². The second-order valence-electron chi connectivity index (χ2n) is 5.08. The summed E-state index contributed by atoms with van der Waals surface area (Å²) in [7, 11) is 0. The summed E-state index contributed by atoms with van der Waals surface area (Å²) in [5.74, 6) is 1.45. The molecule has 110 valence electrons. The van der Waals surface area contributed by atoms with Gasteiger partial charge in [-0.25, -0.2) is 0 Å². The smallest absolute Gasteiger partial charge is 0.222 e. The predicted molar refractivity (Wildman–Crippen MR) is 84.0 cm³/mol. The first-order valence-electron chi connectivity index (χ1n) is 7.17. The Labute approximate surface area is 125 Å². The Morgan fingerprint density at radius 2 is 2.15 bits per heavy atom. The molecule has 0 saturated carbocycles. The average Bonchev–Trinajstić information content (AvgIpc) is 2.52. The maximum atomic E-state index is 12.2. The third-order valence-corrected chi connectivity index (χ3v) is 4.28. The van der Waals surface area contributed by atoms with Gasteiger partial charge in [-0.1, -0.05) is 6.07 Å². The van der Waals surface area contributed by atoms with Crippen LogP contribution < -0.4 is 0 Å². The van der Waals surface area contributed by atoms with E-state index < -0.39 is 0 Å². The van der Waals surface area contributed by atoms with Crippen molar-refractivity contribution in [2.24, 2.45) is 0 Å². The van der Waals surface area contributed by atoms with Crippen LogP contribution in [-0.4, -0.2) is 65.4 Å². The number of nitrogens with zero attached hydrogens (tertiary/aromatic N) is 3. The molecular weight excluding hydrogens is 270 g/mol. The molecule has 0 radical (unpaired) electrons. The number of carbonyl (C=O) groups is 1.